The summed E-state index contributed by atoms with van der Waals surface area (Å²) in [5, 5.41) is 14.2. The van der Waals surface area contributed by atoms with E-state index in [1.807, 2.05) is 47.4 Å². The highest BCUT2D eigenvalue weighted by Gasteiger charge is 2.39. The minimum atomic E-state index is -0.328. The van der Waals surface area contributed by atoms with Crippen molar-refractivity contribution in [3.8, 4) is 5.69 Å². The number of rotatable bonds is 4. The van der Waals surface area contributed by atoms with Crippen LogP contribution in [0, 0.1) is 11.8 Å². The highest BCUT2D eigenvalue weighted by molar-refractivity contribution is 6.02. The first-order valence-corrected chi connectivity index (χ1v) is 10.7. The number of carbonyl (C=O) groups is 2. The van der Waals surface area contributed by atoms with Crippen molar-refractivity contribution in [2.24, 2.45) is 11.8 Å². The van der Waals surface area contributed by atoms with Crippen molar-refractivity contribution in [3.63, 3.8) is 0 Å². The summed E-state index contributed by atoms with van der Waals surface area (Å²) in [5.41, 5.74) is 3.62. The van der Waals surface area contributed by atoms with Crippen LogP contribution in [0.15, 0.2) is 54.9 Å². The van der Waals surface area contributed by atoms with E-state index in [1.54, 1.807) is 0 Å². The lowest BCUT2D eigenvalue weighted by Gasteiger charge is -2.32. The zero-order chi connectivity index (χ0) is 21.2. The average Bonchev–Trinajstić information content (AvgIpc) is 3.49. The van der Waals surface area contributed by atoms with Crippen LogP contribution >= 0.6 is 0 Å². The van der Waals surface area contributed by atoms with Gasteiger partial charge in [0.1, 0.15) is 6.33 Å². The molecule has 5 rings (SSSR count). The molecule has 2 aromatic carbocycles. The van der Waals surface area contributed by atoms with Crippen molar-refractivity contribution in [1.82, 2.24) is 20.2 Å². The fraction of sp³-hybridized carbons (Fsp3) is 0.348. The van der Waals surface area contributed by atoms with Gasteiger partial charge in [0.25, 0.3) is 0 Å². The Morgan fingerprint density at radius 3 is 2.68 bits per heavy atom. The SMILES string of the molecule is O=C(Nc1cccc(-n2cnnn2)c1)C1CCCCC1C(=O)N1CCc2ccccc21. The summed E-state index contributed by atoms with van der Waals surface area (Å²) in [7, 11) is 0. The van der Waals surface area contributed by atoms with Crippen molar-refractivity contribution in [2.45, 2.75) is 32.1 Å². The van der Waals surface area contributed by atoms with Crippen LogP contribution in [0.1, 0.15) is 31.2 Å². The molecule has 1 aromatic heterocycles. The highest BCUT2D eigenvalue weighted by Crippen LogP contribution is 2.36. The molecule has 1 N–H and O–H groups in total. The van der Waals surface area contributed by atoms with Gasteiger partial charge in [0.05, 0.1) is 11.6 Å². The highest BCUT2D eigenvalue weighted by atomic mass is 16.2. The molecule has 2 unspecified atom stereocenters. The molecule has 1 saturated carbocycles. The monoisotopic (exact) mass is 416 g/mol. The van der Waals surface area contributed by atoms with Gasteiger partial charge in [-0.3, -0.25) is 9.59 Å². The normalized spacial score (nSPS) is 20.3. The Morgan fingerprint density at radius 1 is 1.00 bits per heavy atom. The van der Waals surface area contributed by atoms with Crippen LogP contribution in [0.5, 0.6) is 0 Å². The smallest absolute Gasteiger partial charge is 0.230 e. The molecule has 3 aromatic rings. The first-order valence-electron chi connectivity index (χ1n) is 10.7. The predicted molar refractivity (Wildman–Crippen MR) is 116 cm³/mol. The van der Waals surface area contributed by atoms with Gasteiger partial charge in [-0.05, 0) is 59.5 Å². The number of hydrogen-bond donors (Lipinski definition) is 1. The maximum atomic E-state index is 13.5. The van der Waals surface area contributed by atoms with Gasteiger partial charge >= 0.3 is 0 Å². The van der Waals surface area contributed by atoms with Crippen LogP contribution in [0.4, 0.5) is 11.4 Å². The topological polar surface area (TPSA) is 93.0 Å². The molecule has 1 fully saturated rings. The number of amides is 2. The molecular formula is C23H24N6O2. The van der Waals surface area contributed by atoms with Crippen LogP contribution in [0.3, 0.4) is 0 Å². The summed E-state index contributed by atoms with van der Waals surface area (Å²) in [6, 6.07) is 15.4. The molecule has 2 aliphatic rings. The zero-order valence-electron chi connectivity index (χ0n) is 17.1. The Kier molecular flexibility index (Phi) is 5.19. The second kappa shape index (κ2) is 8.29. The number of nitrogens with one attached hydrogen (secondary N) is 1. The third kappa shape index (κ3) is 3.81. The van der Waals surface area contributed by atoms with Crippen molar-refractivity contribution in [1.29, 1.82) is 0 Å². The van der Waals surface area contributed by atoms with E-state index in [1.165, 1.54) is 16.6 Å². The quantitative estimate of drug-likeness (QED) is 0.706. The Balaban J connectivity index is 1.33. The largest absolute Gasteiger partial charge is 0.326 e. The second-order valence-electron chi connectivity index (χ2n) is 8.16. The number of benzene rings is 2. The van der Waals surface area contributed by atoms with Gasteiger partial charge in [-0.25, -0.2) is 4.68 Å². The second-order valence-corrected chi connectivity index (χ2v) is 8.16. The van der Waals surface area contributed by atoms with E-state index in [0.29, 0.717) is 12.2 Å². The van der Waals surface area contributed by atoms with E-state index in [2.05, 4.69) is 26.9 Å². The fourth-order valence-corrected chi connectivity index (χ4v) is 4.75. The molecule has 8 heteroatoms. The van der Waals surface area contributed by atoms with Gasteiger partial charge in [0, 0.05) is 23.8 Å². The van der Waals surface area contributed by atoms with Crippen molar-refractivity contribution in [3.05, 3.63) is 60.4 Å². The number of nitrogens with zero attached hydrogens (tertiary/aromatic N) is 5. The molecule has 31 heavy (non-hydrogen) atoms. The first kappa shape index (κ1) is 19.4. The first-order chi connectivity index (χ1) is 15.2. The number of hydrogen-bond acceptors (Lipinski definition) is 5. The van der Waals surface area contributed by atoms with Gasteiger partial charge < -0.3 is 10.2 Å². The minimum absolute atomic E-state index is 0.0761. The lowest BCUT2D eigenvalue weighted by atomic mass is 9.77. The summed E-state index contributed by atoms with van der Waals surface area (Å²) in [6.45, 7) is 0.691. The van der Waals surface area contributed by atoms with Gasteiger partial charge in [0.2, 0.25) is 11.8 Å². The number of carbonyl (C=O) groups excluding carboxylic acids is 2. The van der Waals surface area contributed by atoms with Gasteiger partial charge in [-0.15, -0.1) is 5.10 Å². The Hall–Kier alpha value is -3.55. The molecule has 0 radical (unpaired) electrons. The Morgan fingerprint density at radius 2 is 1.84 bits per heavy atom. The molecular weight excluding hydrogens is 392 g/mol. The summed E-state index contributed by atoms with van der Waals surface area (Å²) in [6.07, 6.45) is 5.79. The lowest BCUT2D eigenvalue weighted by Crippen LogP contribution is -2.43. The van der Waals surface area contributed by atoms with Gasteiger partial charge in [0.15, 0.2) is 0 Å². The third-order valence-electron chi connectivity index (χ3n) is 6.30. The molecule has 0 spiro atoms. The van der Waals surface area contributed by atoms with Crippen LogP contribution < -0.4 is 10.2 Å². The summed E-state index contributed by atoms with van der Waals surface area (Å²) in [4.78, 5) is 28.6. The van der Waals surface area contributed by atoms with E-state index in [9.17, 15) is 9.59 Å². The summed E-state index contributed by atoms with van der Waals surface area (Å²) in [5.74, 6) is -0.639. The third-order valence-corrected chi connectivity index (χ3v) is 6.30. The fourth-order valence-electron chi connectivity index (χ4n) is 4.75. The number of aromatic nitrogens is 4. The van der Waals surface area contributed by atoms with E-state index < -0.39 is 0 Å². The van der Waals surface area contributed by atoms with E-state index in [-0.39, 0.29) is 23.7 Å². The van der Waals surface area contributed by atoms with Crippen molar-refractivity contribution in [2.75, 3.05) is 16.8 Å². The maximum Gasteiger partial charge on any atom is 0.230 e. The number of para-hydroxylation sites is 1. The minimum Gasteiger partial charge on any atom is -0.326 e. The molecule has 2 heterocycles. The average molecular weight is 416 g/mol. The predicted octanol–water partition coefficient (Wildman–Crippen LogP) is 3.00. The van der Waals surface area contributed by atoms with Crippen LogP contribution in [-0.2, 0) is 16.0 Å². The molecule has 1 aliphatic carbocycles. The van der Waals surface area contributed by atoms with E-state index in [0.717, 1.165) is 43.5 Å². The maximum absolute atomic E-state index is 13.5. The molecule has 2 atom stereocenters. The molecule has 8 nitrogen and oxygen atoms in total. The molecule has 158 valence electrons. The zero-order valence-corrected chi connectivity index (χ0v) is 17.1. The number of anilines is 2. The van der Waals surface area contributed by atoms with Crippen molar-refractivity contribution < 1.29 is 9.59 Å². The summed E-state index contributed by atoms with van der Waals surface area (Å²) < 4.78 is 1.54. The van der Waals surface area contributed by atoms with E-state index >= 15 is 0 Å². The van der Waals surface area contributed by atoms with Gasteiger partial charge in [-0.1, -0.05) is 37.1 Å². The van der Waals surface area contributed by atoms with Crippen molar-refractivity contribution >= 4 is 23.2 Å². The Labute approximate surface area is 180 Å². The van der Waals surface area contributed by atoms with Crippen LogP contribution in [0.2, 0.25) is 0 Å². The van der Waals surface area contributed by atoms with Gasteiger partial charge in [-0.2, -0.15) is 0 Å². The number of tetrazole rings is 1. The summed E-state index contributed by atoms with van der Waals surface area (Å²) >= 11 is 0. The molecule has 0 saturated heterocycles. The van der Waals surface area contributed by atoms with Crippen LogP contribution in [0.25, 0.3) is 5.69 Å². The molecule has 2 amide bonds. The Bertz CT molecular complexity index is 1100. The molecule has 0 bridgehead atoms. The standard InChI is InChI=1S/C23H24N6O2/c30-22(25-17-7-5-8-18(14-17)29-15-24-26-27-29)19-9-2-3-10-20(19)23(31)28-13-12-16-6-1-4-11-21(16)28/h1,4-8,11,14-15,19-20H,2-3,9-10,12-13H2,(H,25,30). The van der Waals surface area contributed by atoms with E-state index in [4.69, 9.17) is 0 Å². The van der Waals surface area contributed by atoms with Crippen LogP contribution in [-0.4, -0.2) is 38.6 Å². The lowest BCUT2D eigenvalue weighted by molar-refractivity contribution is -0.132. The molecule has 1 aliphatic heterocycles. The number of fused-ring (bicyclic) bond motifs is 1.